The number of anilines is 1. The number of aromatic nitrogens is 1. The van der Waals surface area contributed by atoms with Gasteiger partial charge in [-0.25, -0.2) is 0 Å². The Labute approximate surface area is 112 Å². The van der Waals surface area contributed by atoms with E-state index in [1.807, 2.05) is 25.1 Å². The number of nitrogens with two attached hydrogens (primary N) is 1. The minimum atomic E-state index is -0.140. The Morgan fingerprint density at radius 1 is 1.50 bits per heavy atom. The molecule has 18 heavy (non-hydrogen) atoms. The number of nitrogens with zero attached hydrogens (tertiary/aromatic N) is 1. The van der Waals surface area contributed by atoms with Crippen molar-refractivity contribution in [3.8, 4) is 6.07 Å². The molecule has 1 aromatic heterocycles. The summed E-state index contributed by atoms with van der Waals surface area (Å²) >= 11 is 5.75. The van der Waals surface area contributed by atoms with Gasteiger partial charge in [0.2, 0.25) is 0 Å². The largest absolute Gasteiger partial charge is 0.385 e. The molecule has 2 aromatic rings. The maximum absolute atomic E-state index is 9.11. The third kappa shape index (κ3) is 2.16. The Hall–Kier alpha value is -1.66. The maximum Gasteiger partial charge on any atom is 0.104 e. The van der Waals surface area contributed by atoms with Crippen molar-refractivity contribution in [2.75, 3.05) is 11.6 Å². The van der Waals surface area contributed by atoms with Crippen LogP contribution in [0.2, 0.25) is 0 Å². The van der Waals surface area contributed by atoms with E-state index in [0.717, 1.165) is 34.9 Å². The molecule has 1 atom stereocenters. The van der Waals surface area contributed by atoms with Gasteiger partial charge >= 0.3 is 0 Å². The van der Waals surface area contributed by atoms with Crippen molar-refractivity contribution in [2.45, 2.75) is 25.7 Å². The van der Waals surface area contributed by atoms with Crippen LogP contribution >= 0.6 is 11.6 Å². The summed E-state index contributed by atoms with van der Waals surface area (Å²) in [4.78, 5) is 3.18. The second-order valence-corrected chi connectivity index (χ2v) is 4.81. The van der Waals surface area contributed by atoms with Gasteiger partial charge in [0.25, 0.3) is 0 Å². The molecule has 0 fully saturated rings. The number of alkyl halides is 1. The topological polar surface area (TPSA) is 65.6 Å². The molecule has 1 heterocycles. The zero-order valence-corrected chi connectivity index (χ0v) is 11.1. The number of rotatable bonds is 4. The number of aromatic amines is 1. The van der Waals surface area contributed by atoms with Crippen molar-refractivity contribution in [2.24, 2.45) is 0 Å². The molecule has 94 valence electrons. The van der Waals surface area contributed by atoms with Gasteiger partial charge in [0.05, 0.1) is 12.0 Å². The first-order chi connectivity index (χ1) is 8.69. The summed E-state index contributed by atoms with van der Waals surface area (Å²) in [5.74, 6) is 1.16. The Balaban J connectivity index is 2.62. The minimum absolute atomic E-state index is 0.140. The van der Waals surface area contributed by atoms with Crippen molar-refractivity contribution in [1.29, 1.82) is 5.26 Å². The van der Waals surface area contributed by atoms with Crippen LogP contribution in [0.15, 0.2) is 18.2 Å². The minimum Gasteiger partial charge on any atom is -0.385 e. The van der Waals surface area contributed by atoms with Crippen molar-refractivity contribution in [3.63, 3.8) is 0 Å². The molecule has 2 rings (SSSR count). The van der Waals surface area contributed by atoms with Gasteiger partial charge in [-0.05, 0) is 31.4 Å². The number of hydrogen-bond donors (Lipinski definition) is 2. The quantitative estimate of drug-likeness (QED) is 0.827. The zero-order valence-electron chi connectivity index (χ0n) is 10.3. The molecule has 0 aliphatic heterocycles. The average Bonchev–Trinajstić information content (AvgIpc) is 2.71. The first-order valence-corrected chi connectivity index (χ1v) is 6.57. The summed E-state index contributed by atoms with van der Waals surface area (Å²) in [6.45, 7) is 1.91. The normalized spacial score (nSPS) is 12.5. The van der Waals surface area contributed by atoms with Gasteiger partial charge in [-0.1, -0.05) is 12.1 Å². The standard InChI is InChI=1S/C14H16ClN3/c1-9(8-16)10-4-2-6-12-13(10)11(5-3-7-15)14(17)18-12/h2,4,6,9,18H,3,5,7,17H2,1H3. The zero-order chi connectivity index (χ0) is 13.1. The Kier molecular flexibility index (Phi) is 3.78. The van der Waals surface area contributed by atoms with E-state index < -0.39 is 0 Å². The number of aryl methyl sites for hydroxylation is 1. The fraction of sp³-hybridized carbons (Fsp3) is 0.357. The van der Waals surface area contributed by atoms with Gasteiger partial charge in [0, 0.05) is 22.3 Å². The van der Waals surface area contributed by atoms with Crippen LogP contribution in [0.3, 0.4) is 0 Å². The molecule has 3 nitrogen and oxygen atoms in total. The van der Waals surface area contributed by atoms with Crippen LogP contribution < -0.4 is 5.73 Å². The van der Waals surface area contributed by atoms with Gasteiger partial charge in [-0.2, -0.15) is 5.26 Å². The number of nitrogen functional groups attached to an aromatic ring is 1. The molecule has 0 aliphatic rings. The van der Waals surface area contributed by atoms with Crippen LogP contribution in [0, 0.1) is 11.3 Å². The lowest BCUT2D eigenvalue weighted by Crippen LogP contribution is -1.96. The lowest BCUT2D eigenvalue weighted by molar-refractivity contribution is 0.933. The van der Waals surface area contributed by atoms with Crippen LogP contribution in [0.25, 0.3) is 10.9 Å². The van der Waals surface area contributed by atoms with Crippen LogP contribution in [0.1, 0.15) is 30.4 Å². The van der Waals surface area contributed by atoms with Crippen molar-refractivity contribution < 1.29 is 0 Å². The van der Waals surface area contributed by atoms with E-state index in [9.17, 15) is 0 Å². The second kappa shape index (κ2) is 5.32. The number of nitriles is 1. The summed E-state index contributed by atoms with van der Waals surface area (Å²) in [5.41, 5.74) is 9.14. The van der Waals surface area contributed by atoms with E-state index >= 15 is 0 Å². The molecule has 0 radical (unpaired) electrons. The average molecular weight is 262 g/mol. The SMILES string of the molecule is CC(C#N)c1cccc2[nH]c(N)c(CCCCl)c12. The van der Waals surface area contributed by atoms with Gasteiger partial charge in [0.15, 0.2) is 0 Å². The maximum atomic E-state index is 9.11. The van der Waals surface area contributed by atoms with E-state index in [1.54, 1.807) is 0 Å². The predicted octanol–water partition coefficient (Wildman–Crippen LogP) is 3.55. The molecule has 4 heteroatoms. The van der Waals surface area contributed by atoms with Gasteiger partial charge in [-0.15, -0.1) is 11.6 Å². The smallest absolute Gasteiger partial charge is 0.104 e. The van der Waals surface area contributed by atoms with Crippen LogP contribution in [0.4, 0.5) is 5.82 Å². The Morgan fingerprint density at radius 2 is 2.28 bits per heavy atom. The molecule has 0 amide bonds. The fourth-order valence-electron chi connectivity index (χ4n) is 2.30. The molecular formula is C14H16ClN3. The van der Waals surface area contributed by atoms with Gasteiger partial charge in [-0.3, -0.25) is 0 Å². The molecule has 0 spiro atoms. The van der Waals surface area contributed by atoms with Crippen LogP contribution in [-0.4, -0.2) is 10.9 Å². The number of fused-ring (bicyclic) bond motifs is 1. The fourth-order valence-corrected chi connectivity index (χ4v) is 2.43. The van der Waals surface area contributed by atoms with Crippen molar-refractivity contribution in [3.05, 3.63) is 29.3 Å². The lowest BCUT2D eigenvalue weighted by atomic mass is 9.95. The highest BCUT2D eigenvalue weighted by atomic mass is 35.5. The molecule has 1 aromatic carbocycles. The van der Waals surface area contributed by atoms with Crippen molar-refractivity contribution >= 4 is 28.3 Å². The summed E-state index contributed by atoms with van der Waals surface area (Å²) in [6.07, 6.45) is 1.72. The first-order valence-electron chi connectivity index (χ1n) is 6.03. The highest BCUT2D eigenvalue weighted by molar-refractivity contribution is 6.17. The molecule has 0 bridgehead atoms. The summed E-state index contributed by atoms with van der Waals surface area (Å²) in [7, 11) is 0. The Morgan fingerprint density at radius 3 is 2.94 bits per heavy atom. The second-order valence-electron chi connectivity index (χ2n) is 4.43. The van der Waals surface area contributed by atoms with E-state index in [-0.39, 0.29) is 5.92 Å². The number of hydrogen-bond acceptors (Lipinski definition) is 2. The monoisotopic (exact) mass is 261 g/mol. The van der Waals surface area contributed by atoms with Crippen LogP contribution in [-0.2, 0) is 6.42 Å². The van der Waals surface area contributed by atoms with Crippen molar-refractivity contribution in [1.82, 2.24) is 4.98 Å². The molecule has 0 saturated carbocycles. The molecule has 1 unspecified atom stereocenters. The molecule has 0 saturated heterocycles. The van der Waals surface area contributed by atoms with Gasteiger partial charge < -0.3 is 10.7 Å². The molecule has 0 aliphatic carbocycles. The number of nitrogens with one attached hydrogen (secondary N) is 1. The number of benzene rings is 1. The number of halogens is 1. The number of H-pyrrole nitrogens is 1. The predicted molar refractivity (Wildman–Crippen MR) is 75.8 cm³/mol. The van der Waals surface area contributed by atoms with Gasteiger partial charge in [0.1, 0.15) is 5.82 Å². The summed E-state index contributed by atoms with van der Waals surface area (Å²) < 4.78 is 0. The first kappa shape index (κ1) is 12.8. The Bertz CT molecular complexity index is 595. The highest BCUT2D eigenvalue weighted by Gasteiger charge is 2.15. The molecule has 3 N–H and O–H groups in total. The molecular weight excluding hydrogens is 246 g/mol. The van der Waals surface area contributed by atoms with E-state index in [1.165, 1.54) is 0 Å². The van der Waals surface area contributed by atoms with E-state index in [0.29, 0.717) is 11.7 Å². The van der Waals surface area contributed by atoms with E-state index in [2.05, 4.69) is 11.1 Å². The van der Waals surface area contributed by atoms with Crippen LogP contribution in [0.5, 0.6) is 0 Å². The summed E-state index contributed by atoms with van der Waals surface area (Å²) in [5, 5.41) is 10.2. The summed E-state index contributed by atoms with van der Waals surface area (Å²) in [6, 6.07) is 8.22. The third-order valence-corrected chi connectivity index (χ3v) is 3.48. The van der Waals surface area contributed by atoms with E-state index in [4.69, 9.17) is 22.6 Å². The lowest BCUT2D eigenvalue weighted by Gasteiger charge is -2.07. The third-order valence-electron chi connectivity index (χ3n) is 3.21. The highest BCUT2D eigenvalue weighted by Crippen LogP contribution is 2.32.